The van der Waals surface area contributed by atoms with Gasteiger partial charge in [-0.2, -0.15) is 4.31 Å². The normalized spacial score (nSPS) is 12.0. The first-order chi connectivity index (χ1) is 16.3. The Morgan fingerprint density at radius 1 is 0.882 bits per heavy atom. The number of fused-ring (bicyclic) bond motifs is 1. The summed E-state index contributed by atoms with van der Waals surface area (Å²) in [5.41, 5.74) is 1.80. The Labute approximate surface area is 202 Å². The first-order valence-corrected chi connectivity index (χ1v) is 12.7. The summed E-state index contributed by atoms with van der Waals surface area (Å²) in [6, 6.07) is 16.4. The fourth-order valence-electron chi connectivity index (χ4n) is 3.79. The van der Waals surface area contributed by atoms with Crippen molar-refractivity contribution in [1.82, 2.24) is 4.31 Å². The number of ether oxygens (including phenoxy) is 4. The molecule has 7 nitrogen and oxygen atoms in total. The second-order valence-electron chi connectivity index (χ2n) is 7.81. The third-order valence-electron chi connectivity index (χ3n) is 5.50. The fourth-order valence-corrected chi connectivity index (χ4v) is 5.21. The summed E-state index contributed by atoms with van der Waals surface area (Å²) in [6.07, 6.45) is -0.676. The maximum Gasteiger partial charge on any atom is 0.243 e. The highest BCUT2D eigenvalue weighted by Crippen LogP contribution is 2.36. The molecule has 0 heterocycles. The molecule has 8 heteroatoms. The first-order valence-electron chi connectivity index (χ1n) is 11.3. The molecule has 0 atom stereocenters. The van der Waals surface area contributed by atoms with Gasteiger partial charge in [-0.05, 0) is 56.0 Å². The SMILES string of the molecule is CCOC(CN(Cc1ccc2ccc(OC)c(OC)c2c1)S(=O)(=O)c1ccc(C)cc1)OCC. The van der Waals surface area contributed by atoms with Crippen LogP contribution in [0.15, 0.2) is 59.5 Å². The second-order valence-corrected chi connectivity index (χ2v) is 9.75. The predicted molar refractivity (Wildman–Crippen MR) is 133 cm³/mol. The number of aryl methyl sites for hydroxylation is 1. The van der Waals surface area contributed by atoms with Crippen molar-refractivity contribution in [2.75, 3.05) is 34.0 Å². The van der Waals surface area contributed by atoms with E-state index in [1.807, 2.05) is 51.1 Å². The molecule has 0 aliphatic heterocycles. The van der Waals surface area contributed by atoms with Crippen LogP contribution in [0.5, 0.6) is 11.5 Å². The second kappa shape index (κ2) is 11.7. The monoisotopic (exact) mass is 487 g/mol. The van der Waals surface area contributed by atoms with Gasteiger partial charge in [0.05, 0.1) is 25.7 Å². The minimum atomic E-state index is -3.81. The molecule has 3 aromatic carbocycles. The molecule has 0 saturated heterocycles. The Hall–Kier alpha value is -2.65. The van der Waals surface area contributed by atoms with Gasteiger partial charge in [-0.15, -0.1) is 0 Å². The van der Waals surface area contributed by atoms with Crippen molar-refractivity contribution >= 4 is 20.8 Å². The van der Waals surface area contributed by atoms with Crippen LogP contribution in [0.4, 0.5) is 0 Å². The highest BCUT2D eigenvalue weighted by molar-refractivity contribution is 7.89. The van der Waals surface area contributed by atoms with E-state index in [1.165, 1.54) is 4.31 Å². The summed E-state index contributed by atoms with van der Waals surface area (Å²) in [6.45, 7) is 6.66. The van der Waals surface area contributed by atoms with Gasteiger partial charge in [-0.3, -0.25) is 0 Å². The van der Waals surface area contributed by atoms with E-state index in [0.717, 1.165) is 21.9 Å². The maximum atomic E-state index is 13.6. The molecule has 0 unspecified atom stereocenters. The Morgan fingerprint density at radius 2 is 1.53 bits per heavy atom. The summed E-state index contributed by atoms with van der Waals surface area (Å²) >= 11 is 0. The molecule has 3 rings (SSSR count). The van der Waals surface area contributed by atoms with Crippen LogP contribution in [0.2, 0.25) is 0 Å². The van der Waals surface area contributed by atoms with E-state index >= 15 is 0 Å². The van der Waals surface area contributed by atoms with Gasteiger partial charge in [0.1, 0.15) is 0 Å². The van der Waals surface area contributed by atoms with Crippen molar-refractivity contribution < 1.29 is 27.4 Å². The van der Waals surface area contributed by atoms with Crippen LogP contribution in [-0.2, 0) is 26.0 Å². The first kappa shape index (κ1) is 26.0. The average Bonchev–Trinajstić information content (AvgIpc) is 2.83. The molecule has 0 radical (unpaired) electrons. The summed E-state index contributed by atoms with van der Waals surface area (Å²) in [5, 5.41) is 1.81. The highest BCUT2D eigenvalue weighted by Gasteiger charge is 2.28. The lowest BCUT2D eigenvalue weighted by Crippen LogP contribution is -2.39. The summed E-state index contributed by atoms with van der Waals surface area (Å²) in [4.78, 5) is 0.227. The molecule has 0 aliphatic carbocycles. The number of hydrogen-bond donors (Lipinski definition) is 0. The fraction of sp³-hybridized carbons (Fsp3) is 0.385. The van der Waals surface area contributed by atoms with Crippen molar-refractivity contribution in [2.45, 2.75) is 38.5 Å². The van der Waals surface area contributed by atoms with Crippen LogP contribution >= 0.6 is 0 Å². The summed E-state index contributed by atoms with van der Waals surface area (Å²) in [7, 11) is -0.634. The lowest BCUT2D eigenvalue weighted by Gasteiger charge is -2.27. The molecule has 0 N–H and O–H groups in total. The molecule has 3 aromatic rings. The molecular formula is C26H33NO6S. The number of sulfonamides is 1. The van der Waals surface area contributed by atoms with E-state index < -0.39 is 16.3 Å². The van der Waals surface area contributed by atoms with Crippen LogP contribution in [0.25, 0.3) is 10.8 Å². The average molecular weight is 488 g/mol. The Kier molecular flexibility index (Phi) is 8.90. The van der Waals surface area contributed by atoms with Gasteiger partial charge in [0.2, 0.25) is 10.0 Å². The molecule has 34 heavy (non-hydrogen) atoms. The zero-order valence-corrected chi connectivity index (χ0v) is 21.2. The van der Waals surface area contributed by atoms with Gasteiger partial charge in [0.25, 0.3) is 0 Å². The van der Waals surface area contributed by atoms with E-state index in [1.54, 1.807) is 38.5 Å². The smallest absolute Gasteiger partial charge is 0.243 e. The minimum absolute atomic E-state index is 0.0607. The van der Waals surface area contributed by atoms with Gasteiger partial charge in [-0.25, -0.2) is 8.42 Å². The number of nitrogens with zero attached hydrogens (tertiary/aromatic N) is 1. The third kappa shape index (κ3) is 5.88. The topological polar surface area (TPSA) is 74.3 Å². The number of benzene rings is 3. The van der Waals surface area contributed by atoms with Crippen molar-refractivity contribution in [3.05, 3.63) is 65.7 Å². The van der Waals surface area contributed by atoms with Crippen LogP contribution in [0.1, 0.15) is 25.0 Å². The zero-order chi connectivity index (χ0) is 24.7. The Bertz CT molecular complexity index is 1190. The standard InChI is InChI=1S/C26H33NO6S/c1-6-32-25(33-7-2)18-27(34(28,29)22-13-8-19(3)9-14-22)17-20-10-11-21-12-15-24(30-4)26(31-5)23(21)16-20/h8-16,25H,6-7,17-18H2,1-5H3. The van der Waals surface area contributed by atoms with Crippen molar-refractivity contribution in [2.24, 2.45) is 0 Å². The van der Waals surface area contributed by atoms with Gasteiger partial charge < -0.3 is 18.9 Å². The molecule has 0 bridgehead atoms. The van der Waals surface area contributed by atoms with Gasteiger partial charge >= 0.3 is 0 Å². The molecule has 184 valence electrons. The summed E-state index contributed by atoms with van der Waals surface area (Å²) < 4.78 is 51.1. The largest absolute Gasteiger partial charge is 0.493 e. The van der Waals surface area contributed by atoms with E-state index in [4.69, 9.17) is 18.9 Å². The molecular weight excluding hydrogens is 454 g/mol. The van der Waals surface area contributed by atoms with E-state index in [9.17, 15) is 8.42 Å². The predicted octanol–water partition coefficient (Wildman–Crippen LogP) is 4.76. The Balaban J connectivity index is 2.03. The third-order valence-corrected chi connectivity index (χ3v) is 7.33. The zero-order valence-electron chi connectivity index (χ0n) is 20.4. The van der Waals surface area contributed by atoms with Crippen LogP contribution in [0.3, 0.4) is 0 Å². The maximum absolute atomic E-state index is 13.6. The van der Waals surface area contributed by atoms with Crippen LogP contribution < -0.4 is 9.47 Å². The molecule has 0 spiro atoms. The number of rotatable bonds is 12. The van der Waals surface area contributed by atoms with Crippen molar-refractivity contribution in [3.8, 4) is 11.5 Å². The van der Waals surface area contributed by atoms with E-state index in [-0.39, 0.29) is 18.0 Å². The lowest BCUT2D eigenvalue weighted by molar-refractivity contribution is -0.140. The molecule has 0 amide bonds. The molecule has 0 aromatic heterocycles. The number of methoxy groups -OCH3 is 2. The van der Waals surface area contributed by atoms with E-state index in [2.05, 4.69) is 0 Å². The van der Waals surface area contributed by atoms with Gasteiger partial charge in [-0.1, -0.05) is 35.9 Å². The molecule has 0 aliphatic rings. The summed E-state index contributed by atoms with van der Waals surface area (Å²) in [5.74, 6) is 1.22. The molecule has 0 fully saturated rings. The Morgan fingerprint density at radius 3 is 2.12 bits per heavy atom. The quantitative estimate of drug-likeness (QED) is 0.343. The number of hydrogen-bond acceptors (Lipinski definition) is 6. The van der Waals surface area contributed by atoms with Crippen LogP contribution in [0, 0.1) is 6.92 Å². The minimum Gasteiger partial charge on any atom is -0.493 e. The van der Waals surface area contributed by atoms with Gasteiger partial charge in [0.15, 0.2) is 17.8 Å². The highest BCUT2D eigenvalue weighted by atomic mass is 32.2. The van der Waals surface area contributed by atoms with Gasteiger partial charge in [0, 0.05) is 25.1 Å². The lowest BCUT2D eigenvalue weighted by atomic mass is 10.1. The van der Waals surface area contributed by atoms with Crippen molar-refractivity contribution in [3.63, 3.8) is 0 Å². The van der Waals surface area contributed by atoms with E-state index in [0.29, 0.717) is 24.7 Å². The van der Waals surface area contributed by atoms with Crippen molar-refractivity contribution in [1.29, 1.82) is 0 Å². The van der Waals surface area contributed by atoms with Crippen LogP contribution in [-0.4, -0.2) is 53.0 Å². The molecule has 0 saturated carbocycles.